The van der Waals surface area contributed by atoms with Gasteiger partial charge in [-0.1, -0.05) is 6.07 Å². The van der Waals surface area contributed by atoms with Crippen molar-refractivity contribution in [1.82, 2.24) is 15.5 Å². The summed E-state index contributed by atoms with van der Waals surface area (Å²) in [6.45, 7) is 2.10. The van der Waals surface area contributed by atoms with E-state index in [1.807, 2.05) is 0 Å². The van der Waals surface area contributed by atoms with Gasteiger partial charge in [0.1, 0.15) is 11.6 Å². The molecule has 1 aliphatic rings. The first-order valence-electron chi connectivity index (χ1n) is 14.8. The summed E-state index contributed by atoms with van der Waals surface area (Å²) in [4.78, 5) is 40.8. The van der Waals surface area contributed by atoms with Crippen molar-refractivity contribution < 1.29 is 33.4 Å². The molecule has 1 aliphatic heterocycles. The predicted octanol–water partition coefficient (Wildman–Crippen LogP) is 3.65. The van der Waals surface area contributed by atoms with Crippen LogP contribution in [0.5, 0.6) is 17.2 Å². The zero-order chi connectivity index (χ0) is 31.5. The molecule has 11 heteroatoms. The first-order valence-corrected chi connectivity index (χ1v) is 14.8. The molecule has 0 aliphatic carbocycles. The van der Waals surface area contributed by atoms with Crippen LogP contribution in [0.2, 0.25) is 0 Å². The molecule has 0 radical (unpaired) electrons. The molecule has 3 aromatic carbocycles. The number of hydrogen-bond donors (Lipinski definition) is 4. The Labute approximate surface area is 256 Å². The lowest BCUT2D eigenvalue weighted by Gasteiger charge is -2.23. The number of fused-ring (bicyclic) bond motifs is 5. The highest BCUT2D eigenvalue weighted by molar-refractivity contribution is 5.96. The van der Waals surface area contributed by atoms with E-state index >= 15 is 0 Å². The maximum absolute atomic E-state index is 14.8. The number of rotatable bonds is 6. The number of nitrogens with one attached hydrogen (secondary N) is 2. The number of nitrogens with zero attached hydrogens (tertiary/aromatic N) is 1. The summed E-state index contributed by atoms with van der Waals surface area (Å²) in [6, 6.07) is 13.8. The van der Waals surface area contributed by atoms with Gasteiger partial charge in [0.05, 0.1) is 13.7 Å². The third-order valence-corrected chi connectivity index (χ3v) is 7.34. The molecule has 234 valence electrons. The highest BCUT2D eigenvalue weighted by Gasteiger charge is 2.20. The SMILES string of the molecule is COc1ccc(C(=O)N2CCCNC(=O)c3ccc(F)c(c3)-c3cc(ccc3O)CCNC(=O)CCC2)cc1OCCCN. The van der Waals surface area contributed by atoms with Crippen LogP contribution in [0.4, 0.5) is 4.39 Å². The molecule has 0 saturated heterocycles. The molecule has 3 amide bonds. The van der Waals surface area contributed by atoms with Gasteiger partial charge >= 0.3 is 0 Å². The van der Waals surface area contributed by atoms with Gasteiger partial charge in [0.25, 0.3) is 11.8 Å². The molecule has 4 rings (SSSR count). The Morgan fingerprint density at radius 1 is 0.955 bits per heavy atom. The predicted molar refractivity (Wildman–Crippen MR) is 164 cm³/mol. The van der Waals surface area contributed by atoms with Crippen LogP contribution in [0.15, 0.2) is 54.6 Å². The second-order valence-electron chi connectivity index (χ2n) is 10.5. The number of amides is 3. The van der Waals surface area contributed by atoms with Crippen LogP contribution in [0.1, 0.15) is 52.0 Å². The van der Waals surface area contributed by atoms with Gasteiger partial charge < -0.3 is 35.8 Å². The standard InChI is InChI=1S/C33H39FN4O6/c1-43-29-11-8-24(21-30(29)44-18-3-13-35)33(42)38-16-2-5-31(40)36-15-12-22-6-10-28(39)26(19-22)25-20-23(7-9-27(25)34)32(41)37-14-4-17-38/h6-11,19-21,39H,2-5,12-18,35H2,1H3,(H,36,40)(H,37,41). The minimum atomic E-state index is -0.575. The molecular weight excluding hydrogens is 567 g/mol. The molecule has 10 nitrogen and oxygen atoms in total. The van der Waals surface area contributed by atoms with E-state index in [-0.39, 0.29) is 47.2 Å². The molecule has 1 heterocycles. The Hall–Kier alpha value is -4.64. The monoisotopic (exact) mass is 606 g/mol. The van der Waals surface area contributed by atoms with Crippen LogP contribution in [0.25, 0.3) is 11.1 Å². The zero-order valence-electron chi connectivity index (χ0n) is 24.9. The minimum absolute atomic E-state index is 0.0987. The second kappa shape index (κ2) is 15.7. The van der Waals surface area contributed by atoms with Crippen molar-refractivity contribution in [2.24, 2.45) is 5.73 Å². The highest BCUT2D eigenvalue weighted by atomic mass is 19.1. The maximum Gasteiger partial charge on any atom is 0.253 e. The molecule has 0 spiro atoms. The van der Waals surface area contributed by atoms with E-state index in [1.54, 1.807) is 35.2 Å². The van der Waals surface area contributed by atoms with E-state index in [0.29, 0.717) is 75.5 Å². The largest absolute Gasteiger partial charge is 0.507 e. The summed E-state index contributed by atoms with van der Waals surface area (Å²) in [7, 11) is 1.52. The van der Waals surface area contributed by atoms with Crippen molar-refractivity contribution in [2.75, 3.05) is 46.4 Å². The average Bonchev–Trinajstić information content (AvgIpc) is 3.02. The molecule has 4 bridgehead atoms. The van der Waals surface area contributed by atoms with Gasteiger partial charge in [0.2, 0.25) is 5.91 Å². The molecule has 0 atom stereocenters. The number of methoxy groups -OCH3 is 1. The van der Waals surface area contributed by atoms with E-state index < -0.39 is 11.7 Å². The van der Waals surface area contributed by atoms with Crippen LogP contribution < -0.4 is 25.8 Å². The van der Waals surface area contributed by atoms with Crippen molar-refractivity contribution in [1.29, 1.82) is 0 Å². The van der Waals surface area contributed by atoms with E-state index in [4.69, 9.17) is 15.2 Å². The fraction of sp³-hybridized carbons (Fsp3) is 0.364. The average molecular weight is 607 g/mol. The number of carbonyl (C=O) groups is 3. The Balaban J connectivity index is 1.54. The molecule has 0 unspecified atom stereocenters. The normalized spacial score (nSPS) is 14.8. The Kier molecular flexibility index (Phi) is 11.5. The van der Waals surface area contributed by atoms with Crippen LogP contribution in [0, 0.1) is 5.82 Å². The van der Waals surface area contributed by atoms with Gasteiger partial charge in [-0.05, 0) is 86.3 Å². The van der Waals surface area contributed by atoms with Gasteiger partial charge in [-0.3, -0.25) is 14.4 Å². The zero-order valence-corrected chi connectivity index (χ0v) is 24.9. The van der Waals surface area contributed by atoms with E-state index in [0.717, 1.165) is 5.56 Å². The van der Waals surface area contributed by atoms with Crippen molar-refractivity contribution in [3.05, 3.63) is 77.1 Å². The first-order chi connectivity index (χ1) is 21.3. The quantitative estimate of drug-likeness (QED) is 0.314. The molecule has 0 saturated carbocycles. The lowest BCUT2D eigenvalue weighted by atomic mass is 9.98. The summed E-state index contributed by atoms with van der Waals surface area (Å²) in [6.07, 6.45) is 2.20. The fourth-order valence-corrected chi connectivity index (χ4v) is 4.95. The van der Waals surface area contributed by atoms with Crippen molar-refractivity contribution in [3.63, 3.8) is 0 Å². The number of benzene rings is 3. The van der Waals surface area contributed by atoms with Crippen LogP contribution >= 0.6 is 0 Å². The number of hydrogen-bond acceptors (Lipinski definition) is 7. The summed E-state index contributed by atoms with van der Waals surface area (Å²) < 4.78 is 26.0. The van der Waals surface area contributed by atoms with Crippen molar-refractivity contribution >= 4 is 17.7 Å². The van der Waals surface area contributed by atoms with Crippen LogP contribution in [0.3, 0.4) is 0 Å². The third kappa shape index (κ3) is 8.47. The van der Waals surface area contributed by atoms with E-state index in [1.165, 1.54) is 31.4 Å². The van der Waals surface area contributed by atoms with E-state index in [2.05, 4.69) is 10.6 Å². The second-order valence-corrected chi connectivity index (χ2v) is 10.5. The van der Waals surface area contributed by atoms with E-state index in [9.17, 15) is 23.9 Å². The Morgan fingerprint density at radius 3 is 2.57 bits per heavy atom. The number of carbonyl (C=O) groups excluding carboxylic acids is 3. The molecule has 44 heavy (non-hydrogen) atoms. The first kappa shape index (κ1) is 32.3. The lowest BCUT2D eigenvalue weighted by molar-refractivity contribution is -0.121. The van der Waals surface area contributed by atoms with Crippen LogP contribution in [-0.2, 0) is 11.2 Å². The Morgan fingerprint density at radius 2 is 1.77 bits per heavy atom. The maximum atomic E-state index is 14.8. The van der Waals surface area contributed by atoms with Gasteiger partial charge in [-0.25, -0.2) is 4.39 Å². The number of phenolic OH excluding ortho intramolecular Hbond substituents is 1. The molecule has 0 aromatic heterocycles. The highest BCUT2D eigenvalue weighted by Crippen LogP contribution is 2.33. The van der Waals surface area contributed by atoms with Gasteiger partial charge in [-0.15, -0.1) is 0 Å². The Bertz CT molecular complexity index is 1480. The van der Waals surface area contributed by atoms with Gasteiger partial charge in [-0.2, -0.15) is 0 Å². The molecular formula is C33H39FN4O6. The van der Waals surface area contributed by atoms with Crippen molar-refractivity contribution in [2.45, 2.75) is 32.1 Å². The summed E-state index contributed by atoms with van der Waals surface area (Å²) in [5.74, 6) is -0.546. The fourth-order valence-electron chi connectivity index (χ4n) is 4.95. The molecule has 0 fully saturated rings. The third-order valence-electron chi connectivity index (χ3n) is 7.34. The lowest BCUT2D eigenvalue weighted by Crippen LogP contribution is -2.36. The number of nitrogens with two attached hydrogens (primary N) is 1. The smallest absolute Gasteiger partial charge is 0.253 e. The molecule has 5 N–H and O–H groups in total. The summed E-state index contributed by atoms with van der Waals surface area (Å²) in [5, 5.41) is 16.2. The summed E-state index contributed by atoms with van der Waals surface area (Å²) >= 11 is 0. The number of halogens is 1. The topological polar surface area (TPSA) is 143 Å². The van der Waals surface area contributed by atoms with Gasteiger partial charge in [0.15, 0.2) is 11.5 Å². The number of aromatic hydroxyl groups is 1. The van der Waals surface area contributed by atoms with Crippen molar-refractivity contribution in [3.8, 4) is 28.4 Å². The number of ether oxygens (including phenoxy) is 2. The number of phenols is 1. The van der Waals surface area contributed by atoms with Gasteiger partial charge in [0, 0.05) is 54.9 Å². The molecule has 3 aromatic rings. The van der Waals surface area contributed by atoms with Crippen LogP contribution in [-0.4, -0.2) is 74.2 Å². The summed E-state index contributed by atoms with van der Waals surface area (Å²) in [5.41, 5.74) is 7.37. The minimum Gasteiger partial charge on any atom is -0.507 e.